The van der Waals surface area contributed by atoms with Crippen LogP contribution in [0.5, 0.6) is 0 Å². The lowest BCUT2D eigenvalue weighted by molar-refractivity contribution is 0.280. The summed E-state index contributed by atoms with van der Waals surface area (Å²) in [6.07, 6.45) is 2.46. The smallest absolute Gasteiger partial charge is 0.243 e. The quantitative estimate of drug-likeness (QED) is 0.723. The normalized spacial score (nSPS) is 12.1. The fraction of sp³-hybridized carbons (Fsp3) is 0.571. The lowest BCUT2D eigenvalue weighted by Gasteiger charge is -2.10. The van der Waals surface area contributed by atoms with Crippen molar-refractivity contribution in [1.29, 1.82) is 0 Å². The van der Waals surface area contributed by atoms with Gasteiger partial charge in [0.05, 0.1) is 6.61 Å². The van der Waals surface area contributed by atoms with E-state index in [1.807, 2.05) is 0 Å². The first-order valence-electron chi connectivity index (χ1n) is 6.86. The number of rotatable bonds is 8. The van der Waals surface area contributed by atoms with E-state index in [4.69, 9.17) is 5.11 Å². The molecule has 0 radical (unpaired) electrons. The van der Waals surface area contributed by atoms with Crippen LogP contribution >= 0.6 is 0 Å². The topological polar surface area (TPSA) is 66.4 Å². The summed E-state index contributed by atoms with van der Waals surface area (Å²) < 4.78 is 53.1. The first-order valence-corrected chi connectivity index (χ1v) is 8.34. The van der Waals surface area contributed by atoms with E-state index in [0.29, 0.717) is 12.3 Å². The number of halogens is 2. The fourth-order valence-electron chi connectivity index (χ4n) is 1.87. The van der Waals surface area contributed by atoms with Crippen LogP contribution < -0.4 is 4.72 Å². The number of nitrogens with one attached hydrogen (secondary N) is 1. The average Bonchev–Trinajstić information content (AvgIpc) is 2.40. The van der Waals surface area contributed by atoms with Gasteiger partial charge in [0.2, 0.25) is 10.0 Å². The van der Waals surface area contributed by atoms with Crippen molar-refractivity contribution < 1.29 is 22.3 Å². The number of sulfonamides is 1. The van der Waals surface area contributed by atoms with Crippen LogP contribution in [0.1, 0.15) is 38.7 Å². The highest BCUT2D eigenvalue weighted by molar-refractivity contribution is 7.89. The van der Waals surface area contributed by atoms with Crippen molar-refractivity contribution in [2.24, 2.45) is 5.92 Å². The Morgan fingerprint density at radius 1 is 1.24 bits per heavy atom. The maximum atomic E-state index is 13.6. The first-order chi connectivity index (χ1) is 9.77. The minimum atomic E-state index is -4.12. The molecular formula is C14H21F2NO3S. The first kappa shape index (κ1) is 18.0. The summed E-state index contributed by atoms with van der Waals surface area (Å²) in [5.41, 5.74) is 0.00841. The number of benzene rings is 1. The van der Waals surface area contributed by atoms with Gasteiger partial charge in [-0.15, -0.1) is 0 Å². The van der Waals surface area contributed by atoms with Crippen LogP contribution in [-0.2, 0) is 16.6 Å². The lowest BCUT2D eigenvalue weighted by Crippen LogP contribution is -2.26. The third-order valence-electron chi connectivity index (χ3n) is 3.03. The summed E-state index contributed by atoms with van der Waals surface area (Å²) in [6, 6.07) is 1.71. The van der Waals surface area contributed by atoms with E-state index in [1.165, 1.54) is 0 Å². The van der Waals surface area contributed by atoms with Gasteiger partial charge < -0.3 is 5.11 Å². The molecule has 0 aromatic heterocycles. The van der Waals surface area contributed by atoms with Gasteiger partial charge in [-0.1, -0.05) is 26.7 Å². The Morgan fingerprint density at radius 2 is 1.90 bits per heavy atom. The van der Waals surface area contributed by atoms with Gasteiger partial charge in [-0.25, -0.2) is 21.9 Å². The minimum absolute atomic E-state index is 0.00841. The van der Waals surface area contributed by atoms with Crippen LogP contribution in [-0.4, -0.2) is 20.1 Å². The maximum Gasteiger partial charge on any atom is 0.243 e. The molecular weight excluding hydrogens is 300 g/mol. The van der Waals surface area contributed by atoms with Gasteiger partial charge in [0.25, 0.3) is 0 Å². The maximum absolute atomic E-state index is 13.6. The van der Waals surface area contributed by atoms with Crippen LogP contribution in [0.2, 0.25) is 0 Å². The second-order valence-electron chi connectivity index (χ2n) is 5.34. The summed E-state index contributed by atoms with van der Waals surface area (Å²) >= 11 is 0. The third kappa shape index (κ3) is 5.33. The summed E-state index contributed by atoms with van der Waals surface area (Å²) in [6.45, 7) is 3.75. The molecule has 0 fully saturated rings. The highest BCUT2D eigenvalue weighted by atomic mass is 32.2. The SMILES string of the molecule is CC(C)CCCCNS(=O)(=O)c1cc(CO)cc(F)c1F. The monoisotopic (exact) mass is 321 g/mol. The molecule has 0 bridgehead atoms. The molecule has 0 unspecified atom stereocenters. The van der Waals surface area contributed by atoms with Crippen molar-refractivity contribution >= 4 is 10.0 Å². The Morgan fingerprint density at radius 3 is 2.48 bits per heavy atom. The summed E-state index contributed by atoms with van der Waals surface area (Å²) in [5.74, 6) is -2.18. The lowest BCUT2D eigenvalue weighted by atomic mass is 10.1. The summed E-state index contributed by atoms with van der Waals surface area (Å²) in [4.78, 5) is -0.768. The molecule has 2 N–H and O–H groups in total. The van der Waals surface area contributed by atoms with E-state index < -0.39 is 33.2 Å². The van der Waals surface area contributed by atoms with Gasteiger partial charge in [-0.05, 0) is 30.0 Å². The molecule has 1 aromatic rings. The second-order valence-corrected chi connectivity index (χ2v) is 7.07. The molecule has 4 nitrogen and oxygen atoms in total. The van der Waals surface area contributed by atoms with Gasteiger partial charge in [0.15, 0.2) is 11.6 Å². The number of hydrogen-bond donors (Lipinski definition) is 2. The van der Waals surface area contributed by atoms with E-state index >= 15 is 0 Å². The average molecular weight is 321 g/mol. The largest absolute Gasteiger partial charge is 0.392 e. The van der Waals surface area contributed by atoms with Crippen molar-refractivity contribution in [1.82, 2.24) is 4.72 Å². The van der Waals surface area contributed by atoms with Gasteiger partial charge in [0.1, 0.15) is 4.90 Å². The standard InChI is InChI=1S/C14H21F2NO3S/c1-10(2)5-3-4-6-17-21(19,20)13-8-11(9-18)7-12(15)14(13)16/h7-8,10,17-18H,3-6,9H2,1-2H3. The highest BCUT2D eigenvalue weighted by Gasteiger charge is 2.22. The molecule has 21 heavy (non-hydrogen) atoms. The number of aliphatic hydroxyl groups is 1. The highest BCUT2D eigenvalue weighted by Crippen LogP contribution is 2.20. The zero-order valence-corrected chi connectivity index (χ0v) is 13.0. The summed E-state index contributed by atoms with van der Waals surface area (Å²) in [7, 11) is -4.12. The third-order valence-corrected chi connectivity index (χ3v) is 4.49. The number of hydrogen-bond acceptors (Lipinski definition) is 3. The predicted octanol–water partition coefficient (Wildman–Crippen LogP) is 2.56. The van der Waals surface area contributed by atoms with Gasteiger partial charge in [-0.3, -0.25) is 0 Å². The van der Waals surface area contributed by atoms with Crippen molar-refractivity contribution in [2.45, 2.75) is 44.6 Å². The molecule has 0 saturated heterocycles. The molecule has 0 aliphatic rings. The van der Waals surface area contributed by atoms with Crippen LogP contribution in [0.25, 0.3) is 0 Å². The molecule has 120 valence electrons. The van der Waals surface area contributed by atoms with E-state index in [1.54, 1.807) is 0 Å². The molecule has 0 aliphatic carbocycles. The van der Waals surface area contributed by atoms with Crippen LogP contribution in [0.3, 0.4) is 0 Å². The van der Waals surface area contributed by atoms with Gasteiger partial charge in [-0.2, -0.15) is 0 Å². The molecule has 0 amide bonds. The van der Waals surface area contributed by atoms with E-state index in [0.717, 1.165) is 25.0 Å². The zero-order valence-electron chi connectivity index (χ0n) is 12.2. The fourth-order valence-corrected chi connectivity index (χ4v) is 3.07. The Bertz CT molecular complexity index is 574. The molecule has 1 aromatic carbocycles. The second kappa shape index (κ2) is 7.82. The van der Waals surface area contributed by atoms with Crippen LogP contribution in [0, 0.1) is 17.6 Å². The van der Waals surface area contributed by atoms with E-state index in [2.05, 4.69) is 18.6 Å². The van der Waals surface area contributed by atoms with Crippen molar-refractivity contribution in [3.8, 4) is 0 Å². The molecule has 0 heterocycles. The Kier molecular flexibility index (Phi) is 6.70. The van der Waals surface area contributed by atoms with Crippen molar-refractivity contribution in [3.05, 3.63) is 29.3 Å². The molecule has 0 spiro atoms. The predicted molar refractivity (Wildman–Crippen MR) is 76.2 cm³/mol. The Balaban J connectivity index is 2.76. The molecule has 0 saturated carbocycles. The molecule has 1 rings (SSSR count). The minimum Gasteiger partial charge on any atom is -0.392 e. The summed E-state index contributed by atoms with van der Waals surface area (Å²) in [5, 5.41) is 8.94. The molecule has 0 atom stereocenters. The molecule has 7 heteroatoms. The Hall–Kier alpha value is -1.05. The van der Waals surface area contributed by atoms with Gasteiger partial charge in [0, 0.05) is 6.54 Å². The number of aliphatic hydroxyl groups excluding tert-OH is 1. The van der Waals surface area contributed by atoms with E-state index in [9.17, 15) is 17.2 Å². The zero-order chi connectivity index (χ0) is 16.0. The Labute approximate surface area is 124 Å². The van der Waals surface area contributed by atoms with Crippen LogP contribution in [0.15, 0.2) is 17.0 Å². The van der Waals surface area contributed by atoms with Gasteiger partial charge >= 0.3 is 0 Å². The van der Waals surface area contributed by atoms with Crippen LogP contribution in [0.4, 0.5) is 8.78 Å². The van der Waals surface area contributed by atoms with E-state index in [-0.39, 0.29) is 12.1 Å². The van der Waals surface area contributed by atoms with Crippen molar-refractivity contribution in [2.75, 3.05) is 6.54 Å². The number of unbranched alkanes of at least 4 members (excludes halogenated alkanes) is 1. The molecule has 0 aliphatic heterocycles. The van der Waals surface area contributed by atoms with Crippen molar-refractivity contribution in [3.63, 3.8) is 0 Å².